The van der Waals surface area contributed by atoms with Crippen molar-refractivity contribution in [1.29, 1.82) is 0 Å². The van der Waals surface area contributed by atoms with Crippen molar-refractivity contribution < 1.29 is 0 Å². The molecule has 1 aromatic rings. The minimum Gasteiger partial charge on any atom is -0.307 e. The van der Waals surface area contributed by atoms with E-state index < -0.39 is 0 Å². The molecule has 1 nitrogen and oxygen atoms in total. The summed E-state index contributed by atoms with van der Waals surface area (Å²) < 4.78 is 0. The van der Waals surface area contributed by atoms with Crippen LogP contribution in [0.15, 0.2) is 12.1 Å². The molecule has 0 aromatic carbocycles. The summed E-state index contributed by atoms with van der Waals surface area (Å²) in [6, 6.07) is 5.80. The maximum atomic E-state index is 3.80. The molecule has 1 aliphatic rings. The van der Waals surface area contributed by atoms with Crippen LogP contribution in [0.5, 0.6) is 0 Å². The molecule has 2 atom stereocenters. The highest BCUT2D eigenvalue weighted by Gasteiger charge is 2.25. The lowest BCUT2D eigenvalue weighted by molar-refractivity contribution is 0.407. The molecule has 1 saturated carbocycles. The number of hydrogen-bond donors (Lipinski definition) is 1. The lowest BCUT2D eigenvalue weighted by atomic mass is 10.1. The summed E-state index contributed by atoms with van der Waals surface area (Å²) in [6.07, 6.45) is 6.73. The third kappa shape index (κ3) is 3.82. The van der Waals surface area contributed by atoms with E-state index in [-0.39, 0.29) is 0 Å². The third-order valence-electron chi connectivity index (χ3n) is 3.75. The van der Waals surface area contributed by atoms with Crippen molar-refractivity contribution in [2.75, 3.05) is 0 Å². The van der Waals surface area contributed by atoms with Crippen LogP contribution in [0.2, 0.25) is 0 Å². The molecule has 2 rings (SSSR count). The van der Waals surface area contributed by atoms with Crippen molar-refractivity contribution in [2.45, 2.75) is 65.0 Å². The van der Waals surface area contributed by atoms with Crippen molar-refractivity contribution in [2.24, 2.45) is 5.92 Å². The predicted molar refractivity (Wildman–Crippen MR) is 76.7 cm³/mol. The number of aryl methyl sites for hydroxylation is 1. The van der Waals surface area contributed by atoms with E-state index in [1.807, 2.05) is 11.3 Å². The summed E-state index contributed by atoms with van der Waals surface area (Å²) in [5.41, 5.74) is 0. The topological polar surface area (TPSA) is 12.0 Å². The summed E-state index contributed by atoms with van der Waals surface area (Å²) in [5, 5.41) is 3.80. The predicted octanol–water partition coefficient (Wildman–Crippen LogP) is 4.54. The minimum absolute atomic E-state index is 0.518. The molecule has 1 heterocycles. The first kappa shape index (κ1) is 13.1. The van der Waals surface area contributed by atoms with E-state index in [2.05, 4.69) is 38.2 Å². The lowest BCUT2D eigenvalue weighted by Crippen LogP contribution is -2.31. The summed E-state index contributed by atoms with van der Waals surface area (Å²) >= 11 is 1.97. The van der Waals surface area contributed by atoms with Crippen molar-refractivity contribution in [3.63, 3.8) is 0 Å². The highest BCUT2D eigenvalue weighted by molar-refractivity contribution is 7.12. The van der Waals surface area contributed by atoms with Crippen LogP contribution in [-0.2, 0) is 6.42 Å². The van der Waals surface area contributed by atoms with Crippen molar-refractivity contribution in [1.82, 2.24) is 5.32 Å². The number of rotatable bonds is 7. The normalized spacial score (nSPS) is 19.2. The molecule has 96 valence electrons. The largest absolute Gasteiger partial charge is 0.307 e. The zero-order valence-corrected chi connectivity index (χ0v) is 12.1. The van der Waals surface area contributed by atoms with E-state index >= 15 is 0 Å². The van der Waals surface area contributed by atoms with Gasteiger partial charge in [-0.25, -0.2) is 0 Å². The first-order chi connectivity index (χ1) is 8.22. The van der Waals surface area contributed by atoms with Crippen LogP contribution in [0, 0.1) is 5.92 Å². The summed E-state index contributed by atoms with van der Waals surface area (Å²) in [6.45, 7) is 6.84. The summed E-state index contributed by atoms with van der Waals surface area (Å²) in [5.74, 6) is 1.02. The Morgan fingerprint density at radius 1 is 1.35 bits per heavy atom. The van der Waals surface area contributed by atoms with Gasteiger partial charge in [-0.1, -0.05) is 26.7 Å². The first-order valence-corrected chi connectivity index (χ1v) is 7.89. The number of thiophene rings is 1. The Morgan fingerprint density at radius 2 is 2.12 bits per heavy atom. The molecular weight excluding hydrogens is 226 g/mol. The highest BCUT2D eigenvalue weighted by atomic mass is 32.1. The molecule has 0 bridgehead atoms. The van der Waals surface area contributed by atoms with Crippen molar-refractivity contribution in [3.05, 3.63) is 21.9 Å². The van der Waals surface area contributed by atoms with Gasteiger partial charge in [-0.05, 0) is 44.2 Å². The Bertz CT molecular complexity index is 340. The van der Waals surface area contributed by atoms with Crippen LogP contribution >= 0.6 is 11.3 Å². The maximum absolute atomic E-state index is 3.80. The second-order valence-electron chi connectivity index (χ2n) is 5.33. The molecule has 1 fully saturated rings. The summed E-state index contributed by atoms with van der Waals surface area (Å²) in [7, 11) is 0. The van der Waals surface area contributed by atoms with Gasteiger partial charge in [-0.3, -0.25) is 0 Å². The number of hydrogen-bond acceptors (Lipinski definition) is 2. The second kappa shape index (κ2) is 6.01. The Labute approximate surface area is 110 Å². The van der Waals surface area contributed by atoms with Gasteiger partial charge < -0.3 is 5.32 Å². The van der Waals surface area contributed by atoms with Crippen LogP contribution in [0.4, 0.5) is 0 Å². The standard InChI is InChI=1S/C15H25NS/c1-4-13(10-12-6-7-12)16-11(3)15-9-8-14(5-2)17-15/h8-9,11-13,16H,4-7,10H2,1-3H3. The van der Waals surface area contributed by atoms with Gasteiger partial charge in [-0.15, -0.1) is 11.3 Å². The van der Waals surface area contributed by atoms with E-state index in [9.17, 15) is 0 Å². The molecule has 0 aliphatic heterocycles. The highest BCUT2D eigenvalue weighted by Crippen LogP contribution is 2.34. The zero-order valence-electron chi connectivity index (χ0n) is 11.3. The van der Waals surface area contributed by atoms with E-state index in [0.29, 0.717) is 12.1 Å². The molecule has 0 spiro atoms. The monoisotopic (exact) mass is 251 g/mol. The zero-order chi connectivity index (χ0) is 12.3. The average Bonchev–Trinajstić information content (AvgIpc) is 3.02. The van der Waals surface area contributed by atoms with Gasteiger partial charge in [0.25, 0.3) is 0 Å². The molecular formula is C15H25NS. The Morgan fingerprint density at radius 3 is 2.65 bits per heavy atom. The van der Waals surface area contributed by atoms with E-state index in [0.717, 1.165) is 12.3 Å². The van der Waals surface area contributed by atoms with Crippen LogP contribution in [0.3, 0.4) is 0 Å². The quantitative estimate of drug-likeness (QED) is 0.750. The molecule has 0 amide bonds. The van der Waals surface area contributed by atoms with Gasteiger partial charge in [0.1, 0.15) is 0 Å². The Kier molecular flexibility index (Phi) is 4.63. The molecule has 0 radical (unpaired) electrons. The fourth-order valence-electron chi connectivity index (χ4n) is 2.36. The molecule has 2 unspecified atom stereocenters. The van der Waals surface area contributed by atoms with Crippen LogP contribution in [0.1, 0.15) is 62.3 Å². The third-order valence-corrected chi connectivity index (χ3v) is 5.16. The molecule has 17 heavy (non-hydrogen) atoms. The molecule has 0 saturated heterocycles. The summed E-state index contributed by atoms with van der Waals surface area (Å²) in [4.78, 5) is 3.00. The van der Waals surface area contributed by atoms with Gasteiger partial charge in [-0.2, -0.15) is 0 Å². The van der Waals surface area contributed by atoms with Crippen molar-refractivity contribution in [3.8, 4) is 0 Å². The van der Waals surface area contributed by atoms with Gasteiger partial charge in [0.2, 0.25) is 0 Å². The smallest absolute Gasteiger partial charge is 0.0388 e. The SMILES string of the molecule is CCc1ccc(C(C)NC(CC)CC2CC2)s1. The molecule has 1 aliphatic carbocycles. The van der Waals surface area contributed by atoms with Gasteiger partial charge in [0, 0.05) is 21.8 Å². The van der Waals surface area contributed by atoms with Crippen LogP contribution < -0.4 is 5.32 Å². The van der Waals surface area contributed by atoms with Gasteiger partial charge in [0.15, 0.2) is 0 Å². The van der Waals surface area contributed by atoms with Crippen molar-refractivity contribution >= 4 is 11.3 Å². The molecule has 1 N–H and O–H groups in total. The fourth-order valence-corrected chi connectivity index (χ4v) is 3.33. The van der Waals surface area contributed by atoms with Gasteiger partial charge in [0.05, 0.1) is 0 Å². The maximum Gasteiger partial charge on any atom is 0.0388 e. The second-order valence-corrected chi connectivity index (χ2v) is 6.53. The van der Waals surface area contributed by atoms with E-state index in [1.54, 1.807) is 0 Å². The number of nitrogens with one attached hydrogen (secondary N) is 1. The molecule has 2 heteroatoms. The van der Waals surface area contributed by atoms with E-state index in [1.165, 1.54) is 35.4 Å². The van der Waals surface area contributed by atoms with E-state index in [4.69, 9.17) is 0 Å². The lowest BCUT2D eigenvalue weighted by Gasteiger charge is -2.21. The minimum atomic E-state index is 0.518. The Balaban J connectivity index is 1.87. The molecule has 1 aromatic heterocycles. The van der Waals surface area contributed by atoms with Crippen LogP contribution in [0.25, 0.3) is 0 Å². The fraction of sp³-hybridized carbons (Fsp3) is 0.733. The van der Waals surface area contributed by atoms with Crippen LogP contribution in [-0.4, -0.2) is 6.04 Å². The average molecular weight is 251 g/mol. The Hall–Kier alpha value is -0.340. The van der Waals surface area contributed by atoms with Gasteiger partial charge >= 0.3 is 0 Å². The first-order valence-electron chi connectivity index (χ1n) is 7.07.